The van der Waals surface area contributed by atoms with E-state index in [2.05, 4.69) is 33.5 Å². The number of aromatic nitrogens is 2. The number of thiophene rings is 1. The lowest BCUT2D eigenvalue weighted by atomic mass is 9.87. The SMILES string of the molecule is CC(CCCO)CC(=O)[C@H]1CCCN(Cc2ccc(-c3cc4nccc(Oc5ccc(NC(=O)NC6CC6)cc5F)c4s3)nc2)C1. The standard InChI is InChI=1S/C35H40FN5O4S/c1-22(4-3-15-42)16-30(43)24-5-2-14-41(21-24)20-23-6-10-28(38-19-23)33-18-29-34(46-33)32(12-13-37-29)45-31-11-9-26(17-27(31)36)40-35(44)39-25-7-8-25/h6,9-13,17-19,22,24-25,42H,2-5,7-8,14-16,20-21H2,1H3,(H2,39,40,44)/t22?,24-/m0/s1. The zero-order valence-corrected chi connectivity index (χ0v) is 26.8. The second kappa shape index (κ2) is 14.7. The highest BCUT2D eigenvalue weighted by atomic mass is 32.1. The average Bonchev–Trinajstić information content (AvgIpc) is 3.75. The van der Waals surface area contributed by atoms with Gasteiger partial charge in [-0.3, -0.25) is 19.7 Å². The number of likely N-dealkylation sites (tertiary alicyclic amines) is 1. The topological polar surface area (TPSA) is 117 Å². The zero-order chi connectivity index (χ0) is 32.0. The van der Waals surface area contributed by atoms with Gasteiger partial charge in [-0.2, -0.15) is 0 Å². The monoisotopic (exact) mass is 645 g/mol. The van der Waals surface area contributed by atoms with Gasteiger partial charge in [-0.15, -0.1) is 11.3 Å². The van der Waals surface area contributed by atoms with Crippen LogP contribution in [0.1, 0.15) is 57.4 Å². The number of nitrogens with zero attached hydrogens (tertiary/aromatic N) is 3. The number of benzene rings is 1. The summed E-state index contributed by atoms with van der Waals surface area (Å²) in [5.41, 5.74) is 2.99. The summed E-state index contributed by atoms with van der Waals surface area (Å²) in [6, 6.07) is 12.0. The molecule has 9 nitrogen and oxygen atoms in total. The number of aliphatic hydroxyl groups is 1. The minimum absolute atomic E-state index is 0.0518. The van der Waals surface area contributed by atoms with Crippen LogP contribution >= 0.6 is 11.3 Å². The molecule has 1 saturated heterocycles. The van der Waals surface area contributed by atoms with E-state index in [1.807, 2.05) is 18.3 Å². The molecule has 11 heteroatoms. The lowest BCUT2D eigenvalue weighted by Crippen LogP contribution is -2.38. The summed E-state index contributed by atoms with van der Waals surface area (Å²) in [6.45, 7) is 4.75. The Bertz CT molecular complexity index is 1680. The van der Waals surface area contributed by atoms with Crippen LogP contribution in [0.5, 0.6) is 11.5 Å². The number of halogens is 1. The Morgan fingerprint density at radius 1 is 1.13 bits per heavy atom. The van der Waals surface area contributed by atoms with Crippen LogP contribution in [0.15, 0.2) is 54.9 Å². The van der Waals surface area contributed by atoms with E-state index in [0.717, 1.165) is 84.5 Å². The summed E-state index contributed by atoms with van der Waals surface area (Å²) in [5, 5.41) is 14.5. The number of Topliss-reactive ketones (excluding diaryl/α,β-unsaturated/α-hetero) is 1. The first-order valence-corrected chi connectivity index (χ1v) is 16.9. The van der Waals surface area contributed by atoms with Crippen LogP contribution < -0.4 is 15.4 Å². The van der Waals surface area contributed by atoms with Gasteiger partial charge in [-0.05, 0) is 80.8 Å². The molecule has 1 saturated carbocycles. The van der Waals surface area contributed by atoms with E-state index in [9.17, 15) is 14.0 Å². The predicted molar refractivity (Wildman–Crippen MR) is 178 cm³/mol. The van der Waals surface area contributed by atoms with Gasteiger partial charge in [0.25, 0.3) is 0 Å². The van der Waals surface area contributed by atoms with Crippen molar-refractivity contribution >= 4 is 39.1 Å². The molecule has 1 unspecified atom stereocenters. The second-order valence-electron chi connectivity index (χ2n) is 12.5. The van der Waals surface area contributed by atoms with E-state index in [-0.39, 0.29) is 30.3 Å². The number of pyridine rings is 2. The maximum atomic E-state index is 14.9. The zero-order valence-electron chi connectivity index (χ0n) is 26.0. The number of aliphatic hydroxyl groups excluding tert-OH is 1. The van der Waals surface area contributed by atoms with Crippen molar-refractivity contribution in [3.8, 4) is 22.1 Å². The minimum atomic E-state index is -0.583. The van der Waals surface area contributed by atoms with Gasteiger partial charge in [-0.25, -0.2) is 9.18 Å². The second-order valence-corrected chi connectivity index (χ2v) is 13.6. The Labute approximate surface area is 272 Å². The van der Waals surface area contributed by atoms with Gasteiger partial charge in [-0.1, -0.05) is 13.0 Å². The number of anilines is 1. The number of rotatable bonds is 13. The fourth-order valence-corrected chi connectivity index (χ4v) is 6.96. The molecule has 46 heavy (non-hydrogen) atoms. The number of piperidine rings is 1. The van der Waals surface area contributed by atoms with Gasteiger partial charge in [0.05, 0.1) is 20.8 Å². The first-order chi connectivity index (χ1) is 22.3. The summed E-state index contributed by atoms with van der Waals surface area (Å²) >= 11 is 1.48. The van der Waals surface area contributed by atoms with Crippen molar-refractivity contribution in [2.24, 2.45) is 11.8 Å². The summed E-state index contributed by atoms with van der Waals surface area (Å²) < 4.78 is 21.7. The van der Waals surface area contributed by atoms with Crippen molar-refractivity contribution < 1.29 is 23.8 Å². The van der Waals surface area contributed by atoms with Gasteiger partial charge in [0.2, 0.25) is 0 Å². The number of hydrogen-bond acceptors (Lipinski definition) is 8. The van der Waals surface area contributed by atoms with E-state index in [0.29, 0.717) is 29.6 Å². The van der Waals surface area contributed by atoms with Crippen molar-refractivity contribution in [1.82, 2.24) is 20.2 Å². The number of amides is 2. The molecule has 6 rings (SSSR count). The highest BCUT2D eigenvalue weighted by Crippen LogP contribution is 2.39. The molecular formula is C35H40FN5O4S. The lowest BCUT2D eigenvalue weighted by molar-refractivity contribution is -0.125. The summed E-state index contributed by atoms with van der Waals surface area (Å²) in [4.78, 5) is 37.4. The number of ether oxygens (including phenoxy) is 1. The van der Waals surface area contributed by atoms with Crippen molar-refractivity contribution in [2.45, 2.75) is 64.5 Å². The largest absolute Gasteiger partial charge is 0.453 e. The smallest absolute Gasteiger partial charge is 0.319 e. The molecule has 1 aromatic carbocycles. The van der Waals surface area contributed by atoms with E-state index in [1.165, 1.54) is 23.5 Å². The van der Waals surface area contributed by atoms with Gasteiger partial charge in [0.1, 0.15) is 11.5 Å². The first kappa shape index (κ1) is 32.0. The van der Waals surface area contributed by atoms with Gasteiger partial charge in [0, 0.05) is 68.3 Å². The Morgan fingerprint density at radius 2 is 2.00 bits per heavy atom. The number of carbonyl (C=O) groups excluding carboxylic acids is 2. The van der Waals surface area contributed by atoms with Gasteiger partial charge < -0.3 is 20.5 Å². The fourth-order valence-electron chi connectivity index (χ4n) is 5.92. The molecule has 3 N–H and O–H groups in total. The normalized spacial score (nSPS) is 17.5. The van der Waals surface area contributed by atoms with Crippen LogP contribution in [0, 0.1) is 17.7 Å². The van der Waals surface area contributed by atoms with Gasteiger partial charge in [0.15, 0.2) is 11.6 Å². The molecule has 1 aliphatic carbocycles. The van der Waals surface area contributed by atoms with E-state index < -0.39 is 5.82 Å². The average molecular weight is 646 g/mol. The molecule has 4 heterocycles. The lowest BCUT2D eigenvalue weighted by Gasteiger charge is -2.32. The number of ketones is 1. The van der Waals surface area contributed by atoms with E-state index >= 15 is 0 Å². The third-order valence-corrected chi connectivity index (χ3v) is 9.71. The van der Waals surface area contributed by atoms with Crippen LogP contribution in [-0.2, 0) is 11.3 Å². The maximum absolute atomic E-state index is 14.9. The molecule has 242 valence electrons. The molecule has 0 bridgehead atoms. The van der Waals surface area contributed by atoms with Crippen LogP contribution in [0.4, 0.5) is 14.9 Å². The van der Waals surface area contributed by atoms with Crippen molar-refractivity contribution in [1.29, 1.82) is 0 Å². The minimum Gasteiger partial charge on any atom is -0.453 e. The third-order valence-electron chi connectivity index (χ3n) is 8.55. The quantitative estimate of drug-likeness (QED) is 0.141. The first-order valence-electron chi connectivity index (χ1n) is 16.1. The highest BCUT2D eigenvalue weighted by molar-refractivity contribution is 7.22. The number of fused-ring (bicyclic) bond motifs is 1. The van der Waals surface area contributed by atoms with Gasteiger partial charge >= 0.3 is 6.03 Å². The Balaban J connectivity index is 1.08. The molecule has 1 aliphatic heterocycles. The number of nitrogens with one attached hydrogen (secondary N) is 2. The molecule has 2 amide bonds. The van der Waals surface area contributed by atoms with E-state index in [1.54, 1.807) is 18.3 Å². The fraction of sp³-hybridized carbons (Fsp3) is 0.429. The molecular weight excluding hydrogens is 605 g/mol. The van der Waals surface area contributed by atoms with Crippen LogP contribution in [0.3, 0.4) is 0 Å². The summed E-state index contributed by atoms with van der Waals surface area (Å²) in [5.74, 6) is 0.676. The predicted octanol–water partition coefficient (Wildman–Crippen LogP) is 7.15. The number of urea groups is 1. The number of carbonyl (C=O) groups is 2. The molecule has 2 aliphatic rings. The summed E-state index contributed by atoms with van der Waals surface area (Å²) in [7, 11) is 0. The van der Waals surface area contributed by atoms with Crippen LogP contribution in [0.25, 0.3) is 20.8 Å². The third kappa shape index (κ3) is 8.26. The molecule has 2 atom stereocenters. The summed E-state index contributed by atoms with van der Waals surface area (Å²) in [6.07, 6.45) is 9.63. The Morgan fingerprint density at radius 3 is 2.76 bits per heavy atom. The molecule has 4 aromatic rings. The van der Waals surface area contributed by atoms with Crippen LogP contribution in [-0.4, -0.2) is 57.5 Å². The van der Waals surface area contributed by atoms with Crippen molar-refractivity contribution in [3.63, 3.8) is 0 Å². The van der Waals surface area contributed by atoms with E-state index in [4.69, 9.17) is 14.8 Å². The van der Waals surface area contributed by atoms with Crippen LogP contribution in [0.2, 0.25) is 0 Å². The molecule has 2 fully saturated rings. The molecule has 0 radical (unpaired) electrons. The van der Waals surface area contributed by atoms with Crippen molar-refractivity contribution in [2.75, 3.05) is 25.0 Å². The molecule has 3 aromatic heterocycles. The maximum Gasteiger partial charge on any atom is 0.319 e. The highest BCUT2D eigenvalue weighted by Gasteiger charge is 2.27. The Kier molecular flexibility index (Phi) is 10.2. The van der Waals surface area contributed by atoms with Crippen molar-refractivity contribution in [3.05, 3.63) is 66.2 Å². The molecule has 0 spiro atoms. The Hall–Kier alpha value is -3.93. The number of hydrogen-bond donors (Lipinski definition) is 3.